The molecule has 21 heavy (non-hydrogen) atoms. The van der Waals surface area contributed by atoms with Gasteiger partial charge in [-0.15, -0.1) is 0 Å². The van der Waals surface area contributed by atoms with Crippen molar-refractivity contribution in [3.63, 3.8) is 0 Å². The summed E-state index contributed by atoms with van der Waals surface area (Å²) in [4.78, 5) is 14.1. The normalized spacial score (nSPS) is 21.1. The van der Waals surface area contributed by atoms with Crippen molar-refractivity contribution in [2.45, 2.75) is 44.9 Å². The lowest BCUT2D eigenvalue weighted by Crippen LogP contribution is -2.40. The van der Waals surface area contributed by atoms with Crippen molar-refractivity contribution in [1.29, 1.82) is 0 Å². The zero-order valence-electron chi connectivity index (χ0n) is 13.2. The lowest BCUT2D eigenvalue weighted by molar-refractivity contribution is 0.0375. The minimum Gasteiger partial charge on any atom is -0.379 e. The second kappa shape index (κ2) is 10.0. The summed E-state index contributed by atoms with van der Waals surface area (Å²) in [6.07, 6.45) is 8.99. The van der Waals surface area contributed by atoms with Gasteiger partial charge in [-0.25, -0.2) is 4.79 Å². The van der Waals surface area contributed by atoms with E-state index in [0.717, 1.165) is 64.7 Å². The first-order valence-corrected chi connectivity index (χ1v) is 8.66. The number of rotatable bonds is 7. The summed E-state index contributed by atoms with van der Waals surface area (Å²) in [5.74, 6) is 0.834. The Morgan fingerprint density at radius 1 is 1.05 bits per heavy atom. The lowest BCUT2D eigenvalue weighted by atomic mass is 9.87. The molecule has 0 aromatic carbocycles. The number of amides is 2. The van der Waals surface area contributed by atoms with Gasteiger partial charge in [0.25, 0.3) is 0 Å². The Balaban J connectivity index is 1.42. The molecule has 0 atom stereocenters. The number of urea groups is 1. The zero-order chi connectivity index (χ0) is 14.8. The third-order valence-electron chi connectivity index (χ3n) is 4.60. The molecular formula is C16H31N3O2. The number of morpholine rings is 1. The molecule has 0 radical (unpaired) electrons. The van der Waals surface area contributed by atoms with Gasteiger partial charge >= 0.3 is 6.03 Å². The van der Waals surface area contributed by atoms with Crippen LogP contribution < -0.4 is 10.6 Å². The number of nitrogens with zero attached hydrogens (tertiary/aromatic N) is 1. The molecule has 122 valence electrons. The van der Waals surface area contributed by atoms with Crippen LogP contribution in [0.3, 0.4) is 0 Å². The number of hydrogen-bond acceptors (Lipinski definition) is 3. The molecule has 1 heterocycles. The van der Waals surface area contributed by atoms with E-state index < -0.39 is 0 Å². The van der Waals surface area contributed by atoms with E-state index in [1.807, 2.05) is 0 Å². The summed E-state index contributed by atoms with van der Waals surface area (Å²) in [5, 5.41) is 5.94. The molecule has 0 aromatic rings. The Morgan fingerprint density at radius 3 is 2.52 bits per heavy atom. The number of hydrogen-bond donors (Lipinski definition) is 2. The van der Waals surface area contributed by atoms with Gasteiger partial charge in [0, 0.05) is 26.2 Å². The summed E-state index contributed by atoms with van der Waals surface area (Å²) in [7, 11) is 0. The summed E-state index contributed by atoms with van der Waals surface area (Å²) in [5.41, 5.74) is 0. The van der Waals surface area contributed by atoms with Gasteiger partial charge in [0.15, 0.2) is 0 Å². The monoisotopic (exact) mass is 297 g/mol. The molecule has 2 amide bonds. The number of nitrogens with one attached hydrogen (secondary N) is 2. The van der Waals surface area contributed by atoms with E-state index in [2.05, 4.69) is 15.5 Å². The van der Waals surface area contributed by atoms with E-state index in [0.29, 0.717) is 0 Å². The van der Waals surface area contributed by atoms with Crippen LogP contribution in [0.1, 0.15) is 44.9 Å². The van der Waals surface area contributed by atoms with Crippen molar-refractivity contribution in [1.82, 2.24) is 15.5 Å². The highest BCUT2D eigenvalue weighted by molar-refractivity contribution is 5.73. The quantitative estimate of drug-likeness (QED) is 0.707. The molecule has 1 aliphatic heterocycles. The average molecular weight is 297 g/mol. The molecule has 1 aliphatic carbocycles. The minimum atomic E-state index is -0.00668. The van der Waals surface area contributed by atoms with E-state index in [9.17, 15) is 4.79 Å². The highest BCUT2D eigenvalue weighted by Crippen LogP contribution is 2.25. The maximum absolute atomic E-state index is 11.7. The summed E-state index contributed by atoms with van der Waals surface area (Å²) >= 11 is 0. The van der Waals surface area contributed by atoms with E-state index in [4.69, 9.17) is 4.74 Å². The van der Waals surface area contributed by atoms with Crippen LogP contribution in [-0.2, 0) is 4.74 Å². The predicted molar refractivity (Wildman–Crippen MR) is 84.5 cm³/mol. The van der Waals surface area contributed by atoms with Crippen LogP contribution in [0.2, 0.25) is 0 Å². The van der Waals surface area contributed by atoms with Crippen LogP contribution in [0.15, 0.2) is 0 Å². The molecule has 5 heteroatoms. The maximum Gasteiger partial charge on any atom is 0.314 e. The molecule has 5 nitrogen and oxygen atoms in total. The van der Waals surface area contributed by atoms with Gasteiger partial charge in [0.1, 0.15) is 0 Å². The SMILES string of the molecule is O=C(NCCCN1CCOCC1)NCCC1CCCCC1. The lowest BCUT2D eigenvalue weighted by Gasteiger charge is -2.26. The first-order valence-electron chi connectivity index (χ1n) is 8.66. The number of carbonyl (C=O) groups excluding carboxylic acids is 1. The Hall–Kier alpha value is -0.810. The van der Waals surface area contributed by atoms with Crippen LogP contribution in [0.4, 0.5) is 4.79 Å². The fourth-order valence-electron chi connectivity index (χ4n) is 3.26. The molecule has 0 spiro atoms. The average Bonchev–Trinajstić information content (AvgIpc) is 2.54. The van der Waals surface area contributed by atoms with Crippen molar-refractivity contribution in [3.05, 3.63) is 0 Å². The van der Waals surface area contributed by atoms with Gasteiger partial charge in [-0.3, -0.25) is 4.90 Å². The van der Waals surface area contributed by atoms with Crippen LogP contribution in [-0.4, -0.2) is 56.9 Å². The standard InChI is InChI=1S/C16H31N3O2/c20-16(18-9-7-15-5-2-1-3-6-15)17-8-4-10-19-11-13-21-14-12-19/h15H,1-14H2,(H2,17,18,20). The summed E-state index contributed by atoms with van der Waals surface area (Å²) in [6.45, 7) is 6.35. The van der Waals surface area contributed by atoms with Crippen molar-refractivity contribution >= 4 is 6.03 Å². The van der Waals surface area contributed by atoms with Gasteiger partial charge in [-0.05, 0) is 25.3 Å². The van der Waals surface area contributed by atoms with E-state index >= 15 is 0 Å². The van der Waals surface area contributed by atoms with Crippen molar-refractivity contribution in [3.8, 4) is 0 Å². The molecule has 1 saturated heterocycles. The van der Waals surface area contributed by atoms with Crippen molar-refractivity contribution in [2.24, 2.45) is 5.92 Å². The number of carbonyl (C=O) groups is 1. The van der Waals surface area contributed by atoms with Crippen LogP contribution >= 0.6 is 0 Å². The van der Waals surface area contributed by atoms with Gasteiger partial charge in [0.05, 0.1) is 13.2 Å². The fourth-order valence-corrected chi connectivity index (χ4v) is 3.26. The topological polar surface area (TPSA) is 53.6 Å². The molecule has 2 fully saturated rings. The Bertz CT molecular complexity index is 287. The van der Waals surface area contributed by atoms with Gasteiger partial charge < -0.3 is 15.4 Å². The van der Waals surface area contributed by atoms with Crippen LogP contribution in [0, 0.1) is 5.92 Å². The highest BCUT2D eigenvalue weighted by Gasteiger charge is 2.13. The van der Waals surface area contributed by atoms with Gasteiger partial charge in [-0.2, -0.15) is 0 Å². The second-order valence-corrected chi connectivity index (χ2v) is 6.28. The maximum atomic E-state index is 11.7. The van der Waals surface area contributed by atoms with Crippen molar-refractivity contribution < 1.29 is 9.53 Å². The smallest absolute Gasteiger partial charge is 0.314 e. The molecule has 1 saturated carbocycles. The largest absolute Gasteiger partial charge is 0.379 e. The molecule has 0 bridgehead atoms. The van der Waals surface area contributed by atoms with Crippen molar-refractivity contribution in [2.75, 3.05) is 45.9 Å². The zero-order valence-corrected chi connectivity index (χ0v) is 13.2. The first-order chi connectivity index (χ1) is 10.3. The summed E-state index contributed by atoms with van der Waals surface area (Å²) in [6, 6.07) is -0.00668. The number of ether oxygens (including phenoxy) is 1. The highest BCUT2D eigenvalue weighted by atomic mass is 16.5. The second-order valence-electron chi connectivity index (χ2n) is 6.28. The van der Waals surface area contributed by atoms with E-state index in [1.165, 1.54) is 32.1 Å². The first kappa shape index (κ1) is 16.6. The molecule has 0 aromatic heterocycles. The third-order valence-corrected chi connectivity index (χ3v) is 4.60. The van der Waals surface area contributed by atoms with Crippen LogP contribution in [0.25, 0.3) is 0 Å². The Kier molecular flexibility index (Phi) is 7.89. The van der Waals surface area contributed by atoms with Gasteiger partial charge in [0.2, 0.25) is 0 Å². The fraction of sp³-hybridized carbons (Fsp3) is 0.938. The molecule has 2 aliphatic rings. The Morgan fingerprint density at radius 2 is 1.76 bits per heavy atom. The van der Waals surface area contributed by atoms with E-state index in [1.54, 1.807) is 0 Å². The molecule has 2 rings (SSSR count). The minimum absolute atomic E-state index is 0.00668. The molecule has 2 N–H and O–H groups in total. The Labute approximate surface area is 128 Å². The molecule has 0 unspecified atom stereocenters. The third kappa shape index (κ3) is 7.14. The summed E-state index contributed by atoms with van der Waals surface area (Å²) < 4.78 is 5.32. The van der Waals surface area contributed by atoms with Gasteiger partial charge in [-0.1, -0.05) is 32.1 Å². The predicted octanol–water partition coefficient (Wildman–Crippen LogP) is 1.98. The van der Waals surface area contributed by atoms with Crippen LogP contribution in [0.5, 0.6) is 0 Å². The molecular weight excluding hydrogens is 266 g/mol. The van der Waals surface area contributed by atoms with E-state index in [-0.39, 0.29) is 6.03 Å².